The number of nitrogens with zero attached hydrogens (tertiary/aromatic N) is 1. The molecular weight excluding hydrogens is 152 g/mol. The van der Waals surface area contributed by atoms with E-state index in [-0.39, 0.29) is 0 Å². The number of aromatic nitrogens is 1. The Bertz CT molecular complexity index is 238. The molecule has 0 saturated carbocycles. The summed E-state index contributed by atoms with van der Waals surface area (Å²) in [7, 11) is 3.59. The molecule has 66 valence electrons. The standard InChI is InChI=1S/C9H14N2O/c1-10-4-3-8-5-9(12-2)7-11-6-8/h5-7,10H,3-4H2,1-2H3. The van der Waals surface area contributed by atoms with Crippen LogP contribution in [0.15, 0.2) is 18.5 Å². The third-order valence-electron chi connectivity index (χ3n) is 1.67. The van der Waals surface area contributed by atoms with E-state index in [0.29, 0.717) is 0 Å². The fraction of sp³-hybridized carbons (Fsp3) is 0.444. The fourth-order valence-corrected chi connectivity index (χ4v) is 0.981. The third kappa shape index (κ3) is 2.51. The predicted molar refractivity (Wildman–Crippen MR) is 48.4 cm³/mol. The lowest BCUT2D eigenvalue weighted by Crippen LogP contribution is -2.10. The Morgan fingerprint density at radius 2 is 2.33 bits per heavy atom. The highest BCUT2D eigenvalue weighted by Gasteiger charge is 1.94. The maximum atomic E-state index is 5.05. The average Bonchev–Trinajstić information content (AvgIpc) is 2.15. The highest BCUT2D eigenvalue weighted by molar-refractivity contribution is 5.23. The van der Waals surface area contributed by atoms with Gasteiger partial charge in [0.25, 0.3) is 0 Å². The molecule has 0 unspecified atom stereocenters. The van der Waals surface area contributed by atoms with Gasteiger partial charge in [-0.3, -0.25) is 4.98 Å². The minimum absolute atomic E-state index is 0.823. The molecule has 3 heteroatoms. The first-order valence-corrected chi connectivity index (χ1v) is 3.99. The van der Waals surface area contributed by atoms with Gasteiger partial charge in [-0.25, -0.2) is 0 Å². The van der Waals surface area contributed by atoms with Crippen molar-refractivity contribution >= 4 is 0 Å². The monoisotopic (exact) mass is 166 g/mol. The van der Waals surface area contributed by atoms with Crippen LogP contribution in [0, 0.1) is 0 Å². The SMILES string of the molecule is CNCCc1cncc(OC)c1. The molecule has 0 saturated heterocycles. The number of pyridine rings is 1. The van der Waals surface area contributed by atoms with Crippen LogP contribution in [-0.2, 0) is 6.42 Å². The van der Waals surface area contributed by atoms with Crippen molar-refractivity contribution in [1.29, 1.82) is 0 Å². The van der Waals surface area contributed by atoms with Crippen molar-refractivity contribution < 1.29 is 4.74 Å². The molecule has 1 heterocycles. The Kier molecular flexibility index (Phi) is 3.54. The molecule has 0 aliphatic heterocycles. The first-order chi connectivity index (χ1) is 5.86. The van der Waals surface area contributed by atoms with Gasteiger partial charge in [0.05, 0.1) is 13.3 Å². The first-order valence-electron chi connectivity index (χ1n) is 3.99. The molecule has 0 aliphatic carbocycles. The molecule has 0 fully saturated rings. The van der Waals surface area contributed by atoms with Crippen molar-refractivity contribution in [3.8, 4) is 5.75 Å². The Labute approximate surface area is 72.8 Å². The van der Waals surface area contributed by atoms with Crippen LogP contribution < -0.4 is 10.1 Å². The van der Waals surface area contributed by atoms with Gasteiger partial charge in [0, 0.05) is 6.20 Å². The van der Waals surface area contributed by atoms with Crippen molar-refractivity contribution in [2.75, 3.05) is 20.7 Å². The van der Waals surface area contributed by atoms with Gasteiger partial charge in [-0.05, 0) is 31.6 Å². The Hall–Kier alpha value is -1.09. The molecule has 1 N–H and O–H groups in total. The fourth-order valence-electron chi connectivity index (χ4n) is 0.981. The molecular formula is C9H14N2O. The molecule has 0 radical (unpaired) electrons. The van der Waals surface area contributed by atoms with Crippen molar-refractivity contribution in [3.05, 3.63) is 24.0 Å². The lowest BCUT2D eigenvalue weighted by Gasteiger charge is -2.02. The van der Waals surface area contributed by atoms with E-state index in [1.54, 1.807) is 13.3 Å². The zero-order chi connectivity index (χ0) is 8.81. The van der Waals surface area contributed by atoms with E-state index in [4.69, 9.17) is 4.74 Å². The van der Waals surface area contributed by atoms with Gasteiger partial charge < -0.3 is 10.1 Å². The topological polar surface area (TPSA) is 34.2 Å². The minimum Gasteiger partial charge on any atom is -0.495 e. The van der Waals surface area contributed by atoms with Gasteiger partial charge in [-0.2, -0.15) is 0 Å². The largest absolute Gasteiger partial charge is 0.495 e. The van der Waals surface area contributed by atoms with Crippen LogP contribution in [0.25, 0.3) is 0 Å². The molecule has 0 bridgehead atoms. The molecule has 0 spiro atoms. The Morgan fingerprint density at radius 3 is 3.00 bits per heavy atom. The molecule has 0 atom stereocenters. The lowest BCUT2D eigenvalue weighted by molar-refractivity contribution is 0.412. The van der Waals surface area contributed by atoms with Crippen LogP contribution in [0.4, 0.5) is 0 Å². The number of hydrogen-bond donors (Lipinski definition) is 1. The molecule has 0 aromatic carbocycles. The average molecular weight is 166 g/mol. The number of methoxy groups -OCH3 is 1. The van der Waals surface area contributed by atoms with Crippen molar-refractivity contribution in [1.82, 2.24) is 10.3 Å². The van der Waals surface area contributed by atoms with Crippen LogP contribution in [-0.4, -0.2) is 25.7 Å². The summed E-state index contributed by atoms with van der Waals surface area (Å²) in [5.41, 5.74) is 1.20. The smallest absolute Gasteiger partial charge is 0.137 e. The second kappa shape index (κ2) is 4.72. The van der Waals surface area contributed by atoms with Gasteiger partial charge in [0.2, 0.25) is 0 Å². The summed E-state index contributed by atoms with van der Waals surface area (Å²) in [5.74, 6) is 0.823. The lowest BCUT2D eigenvalue weighted by atomic mass is 10.2. The van der Waals surface area contributed by atoms with Crippen LogP contribution in [0.1, 0.15) is 5.56 Å². The van der Waals surface area contributed by atoms with E-state index in [2.05, 4.69) is 10.3 Å². The second-order valence-corrected chi connectivity index (χ2v) is 2.59. The number of nitrogens with one attached hydrogen (secondary N) is 1. The van der Waals surface area contributed by atoms with Gasteiger partial charge >= 0.3 is 0 Å². The summed E-state index contributed by atoms with van der Waals surface area (Å²) >= 11 is 0. The van der Waals surface area contributed by atoms with E-state index in [0.717, 1.165) is 18.7 Å². The molecule has 1 rings (SSSR count). The quantitative estimate of drug-likeness (QED) is 0.720. The Balaban J connectivity index is 2.60. The number of rotatable bonds is 4. The van der Waals surface area contributed by atoms with Gasteiger partial charge in [0.1, 0.15) is 5.75 Å². The highest BCUT2D eigenvalue weighted by Crippen LogP contribution is 2.09. The van der Waals surface area contributed by atoms with Gasteiger partial charge in [-0.1, -0.05) is 0 Å². The van der Waals surface area contributed by atoms with E-state index < -0.39 is 0 Å². The van der Waals surface area contributed by atoms with Crippen LogP contribution >= 0.6 is 0 Å². The van der Waals surface area contributed by atoms with Gasteiger partial charge in [0.15, 0.2) is 0 Å². The maximum absolute atomic E-state index is 5.05. The summed E-state index contributed by atoms with van der Waals surface area (Å²) in [6.45, 7) is 0.967. The van der Waals surface area contributed by atoms with E-state index >= 15 is 0 Å². The van der Waals surface area contributed by atoms with Gasteiger partial charge in [-0.15, -0.1) is 0 Å². The van der Waals surface area contributed by atoms with Crippen LogP contribution in [0.2, 0.25) is 0 Å². The number of hydrogen-bond acceptors (Lipinski definition) is 3. The third-order valence-corrected chi connectivity index (χ3v) is 1.67. The van der Waals surface area contributed by atoms with E-state index in [1.807, 2.05) is 19.3 Å². The summed E-state index contributed by atoms with van der Waals surface area (Å²) < 4.78 is 5.05. The van der Waals surface area contributed by atoms with Crippen molar-refractivity contribution in [2.24, 2.45) is 0 Å². The number of likely N-dealkylation sites (N-methyl/N-ethyl adjacent to an activating group) is 1. The van der Waals surface area contributed by atoms with Crippen LogP contribution in [0.3, 0.4) is 0 Å². The summed E-state index contributed by atoms with van der Waals surface area (Å²) in [6.07, 6.45) is 4.56. The van der Waals surface area contributed by atoms with Crippen molar-refractivity contribution in [2.45, 2.75) is 6.42 Å². The van der Waals surface area contributed by atoms with E-state index in [9.17, 15) is 0 Å². The highest BCUT2D eigenvalue weighted by atomic mass is 16.5. The molecule has 0 amide bonds. The zero-order valence-corrected chi connectivity index (χ0v) is 7.50. The minimum atomic E-state index is 0.823. The molecule has 0 aliphatic rings. The Morgan fingerprint density at radius 1 is 1.50 bits per heavy atom. The maximum Gasteiger partial charge on any atom is 0.137 e. The summed E-state index contributed by atoms with van der Waals surface area (Å²) in [4.78, 5) is 4.06. The molecule has 12 heavy (non-hydrogen) atoms. The molecule has 3 nitrogen and oxygen atoms in total. The summed E-state index contributed by atoms with van der Waals surface area (Å²) in [6, 6.07) is 2.00. The zero-order valence-electron chi connectivity index (χ0n) is 7.50. The number of ether oxygens (including phenoxy) is 1. The molecule has 1 aromatic rings. The van der Waals surface area contributed by atoms with E-state index in [1.165, 1.54) is 5.56 Å². The normalized spacial score (nSPS) is 9.83. The molecule has 1 aromatic heterocycles. The first kappa shape index (κ1) is 9.00. The second-order valence-electron chi connectivity index (χ2n) is 2.59. The van der Waals surface area contributed by atoms with Crippen LogP contribution in [0.5, 0.6) is 5.75 Å². The summed E-state index contributed by atoms with van der Waals surface area (Å²) in [5, 5.41) is 3.09. The predicted octanol–water partition coefficient (Wildman–Crippen LogP) is 0.852. The van der Waals surface area contributed by atoms with Crippen molar-refractivity contribution in [3.63, 3.8) is 0 Å².